The summed E-state index contributed by atoms with van der Waals surface area (Å²) in [6, 6.07) is 11.8. The van der Waals surface area contributed by atoms with E-state index >= 15 is 0 Å². The maximum Gasteiger partial charge on any atom is 0.310 e. The van der Waals surface area contributed by atoms with Crippen molar-refractivity contribution >= 4 is 5.97 Å². The fourth-order valence-corrected chi connectivity index (χ4v) is 3.05. The second-order valence-electron chi connectivity index (χ2n) is 5.56. The zero-order valence-electron chi connectivity index (χ0n) is 11.3. The lowest BCUT2D eigenvalue weighted by Gasteiger charge is -2.22. The fourth-order valence-electron chi connectivity index (χ4n) is 3.05. The molecule has 1 aromatic carbocycles. The molecule has 0 aliphatic heterocycles. The van der Waals surface area contributed by atoms with Crippen LogP contribution < -0.4 is 0 Å². The van der Waals surface area contributed by atoms with Crippen molar-refractivity contribution in [2.24, 2.45) is 5.41 Å². The van der Waals surface area contributed by atoms with Gasteiger partial charge in [0.15, 0.2) is 0 Å². The molecule has 0 bridgehead atoms. The predicted molar refractivity (Wildman–Crippen MR) is 75.8 cm³/mol. The molecule has 1 aromatic heterocycles. The number of carbonyl (C=O) groups is 1. The van der Waals surface area contributed by atoms with Gasteiger partial charge in [0.25, 0.3) is 0 Å². The van der Waals surface area contributed by atoms with E-state index in [9.17, 15) is 9.90 Å². The minimum absolute atomic E-state index is 0.530. The highest BCUT2D eigenvalue weighted by molar-refractivity contribution is 5.75. The molecule has 1 aliphatic rings. The molecular formula is C16H18N2O2. The number of hydrogen-bond donors (Lipinski definition) is 1. The fraction of sp³-hybridized carbons (Fsp3) is 0.375. The number of nitrogens with zero attached hydrogens (tertiary/aromatic N) is 2. The van der Waals surface area contributed by atoms with Gasteiger partial charge in [0.2, 0.25) is 0 Å². The van der Waals surface area contributed by atoms with E-state index in [2.05, 4.69) is 5.10 Å². The van der Waals surface area contributed by atoms with Crippen molar-refractivity contribution in [3.63, 3.8) is 0 Å². The topological polar surface area (TPSA) is 55.1 Å². The molecule has 1 heterocycles. The van der Waals surface area contributed by atoms with Crippen molar-refractivity contribution in [1.29, 1.82) is 0 Å². The van der Waals surface area contributed by atoms with Crippen LogP contribution in [0, 0.1) is 5.41 Å². The number of aromatic nitrogens is 2. The molecule has 1 aliphatic carbocycles. The molecule has 1 N–H and O–H groups in total. The highest BCUT2D eigenvalue weighted by Gasteiger charge is 2.41. The molecule has 20 heavy (non-hydrogen) atoms. The molecule has 4 nitrogen and oxygen atoms in total. The van der Waals surface area contributed by atoms with Gasteiger partial charge in [-0.3, -0.25) is 4.79 Å². The van der Waals surface area contributed by atoms with Gasteiger partial charge in [-0.2, -0.15) is 5.10 Å². The molecule has 4 heteroatoms. The van der Waals surface area contributed by atoms with E-state index in [1.54, 1.807) is 4.68 Å². The molecule has 3 rings (SSSR count). The summed E-state index contributed by atoms with van der Waals surface area (Å²) in [7, 11) is 0. The lowest BCUT2D eigenvalue weighted by Crippen LogP contribution is -2.30. The van der Waals surface area contributed by atoms with Crippen LogP contribution in [-0.4, -0.2) is 20.9 Å². The SMILES string of the molecule is O=C(O)C1(Cc2ccn(-c3ccccc3)n2)CCCC1. The molecule has 1 fully saturated rings. The van der Waals surface area contributed by atoms with Crippen molar-refractivity contribution in [2.45, 2.75) is 32.1 Å². The molecule has 104 valence electrons. The number of hydrogen-bond acceptors (Lipinski definition) is 2. The normalized spacial score (nSPS) is 17.2. The van der Waals surface area contributed by atoms with Gasteiger partial charge < -0.3 is 5.11 Å². The zero-order chi connectivity index (χ0) is 14.0. The Morgan fingerprint density at radius 2 is 1.90 bits per heavy atom. The summed E-state index contributed by atoms with van der Waals surface area (Å²) < 4.78 is 1.81. The van der Waals surface area contributed by atoms with Gasteiger partial charge >= 0.3 is 5.97 Å². The van der Waals surface area contributed by atoms with Gasteiger partial charge in [-0.05, 0) is 31.0 Å². The zero-order valence-corrected chi connectivity index (χ0v) is 11.3. The van der Waals surface area contributed by atoms with E-state index in [4.69, 9.17) is 0 Å². The summed E-state index contributed by atoms with van der Waals surface area (Å²) in [5, 5.41) is 14.0. The predicted octanol–water partition coefficient (Wildman–Crippen LogP) is 3.06. The third kappa shape index (κ3) is 2.33. The maximum absolute atomic E-state index is 11.6. The largest absolute Gasteiger partial charge is 0.481 e. The van der Waals surface area contributed by atoms with Crippen molar-refractivity contribution in [3.05, 3.63) is 48.3 Å². The summed E-state index contributed by atoms with van der Waals surface area (Å²) in [6.45, 7) is 0. The Hall–Kier alpha value is -2.10. The van der Waals surface area contributed by atoms with Crippen molar-refractivity contribution in [3.8, 4) is 5.69 Å². The van der Waals surface area contributed by atoms with Crippen LogP contribution in [0.3, 0.4) is 0 Å². The van der Waals surface area contributed by atoms with E-state index < -0.39 is 11.4 Å². The molecule has 0 atom stereocenters. The summed E-state index contributed by atoms with van der Waals surface area (Å²) >= 11 is 0. The molecular weight excluding hydrogens is 252 g/mol. The van der Waals surface area contributed by atoms with Gasteiger partial charge in [-0.1, -0.05) is 31.0 Å². The van der Waals surface area contributed by atoms with Crippen molar-refractivity contribution < 1.29 is 9.90 Å². The Morgan fingerprint density at radius 1 is 1.20 bits per heavy atom. The van der Waals surface area contributed by atoms with E-state index in [1.165, 1.54) is 0 Å². The average Bonchev–Trinajstić information content (AvgIpc) is 3.10. The van der Waals surface area contributed by atoms with Crippen LogP contribution in [0.2, 0.25) is 0 Å². The molecule has 0 unspecified atom stereocenters. The van der Waals surface area contributed by atoms with Gasteiger partial charge in [0.05, 0.1) is 16.8 Å². The number of para-hydroxylation sites is 1. The summed E-state index contributed by atoms with van der Waals surface area (Å²) in [5.41, 5.74) is 1.25. The lowest BCUT2D eigenvalue weighted by molar-refractivity contribution is -0.148. The highest BCUT2D eigenvalue weighted by atomic mass is 16.4. The summed E-state index contributed by atoms with van der Waals surface area (Å²) in [4.78, 5) is 11.6. The second-order valence-corrected chi connectivity index (χ2v) is 5.56. The summed E-state index contributed by atoms with van der Waals surface area (Å²) in [5.74, 6) is -0.677. The van der Waals surface area contributed by atoms with Crippen LogP contribution in [0.1, 0.15) is 31.4 Å². The second kappa shape index (κ2) is 5.12. The van der Waals surface area contributed by atoms with E-state index in [-0.39, 0.29) is 0 Å². The first-order chi connectivity index (χ1) is 9.70. The first-order valence-electron chi connectivity index (χ1n) is 7.03. The Morgan fingerprint density at radius 3 is 2.55 bits per heavy atom. The lowest BCUT2D eigenvalue weighted by atomic mass is 9.82. The quantitative estimate of drug-likeness (QED) is 0.929. The number of carboxylic acids is 1. The molecule has 0 spiro atoms. The standard InChI is InChI=1S/C16H18N2O2/c19-15(20)16(9-4-5-10-16)12-13-8-11-18(17-13)14-6-2-1-3-7-14/h1-3,6-8,11H,4-5,9-10,12H2,(H,19,20). The highest BCUT2D eigenvalue weighted by Crippen LogP contribution is 2.41. The van der Waals surface area contributed by atoms with E-state index in [0.29, 0.717) is 6.42 Å². The first kappa shape index (κ1) is 12.9. The van der Waals surface area contributed by atoms with Crippen LogP contribution >= 0.6 is 0 Å². The number of aliphatic carboxylic acids is 1. The smallest absolute Gasteiger partial charge is 0.310 e. The van der Waals surface area contributed by atoms with Gasteiger partial charge in [-0.15, -0.1) is 0 Å². The Labute approximate surface area is 118 Å². The maximum atomic E-state index is 11.6. The van der Waals surface area contributed by atoms with Crippen molar-refractivity contribution in [1.82, 2.24) is 9.78 Å². The van der Waals surface area contributed by atoms with Gasteiger partial charge in [0.1, 0.15) is 0 Å². The third-order valence-electron chi connectivity index (χ3n) is 4.20. The average molecular weight is 270 g/mol. The minimum Gasteiger partial charge on any atom is -0.481 e. The van der Waals surface area contributed by atoms with Crippen LogP contribution in [0.5, 0.6) is 0 Å². The van der Waals surface area contributed by atoms with E-state index in [1.807, 2.05) is 42.6 Å². The van der Waals surface area contributed by atoms with Gasteiger partial charge in [-0.25, -0.2) is 4.68 Å². The Bertz CT molecular complexity index is 598. The molecule has 1 saturated carbocycles. The van der Waals surface area contributed by atoms with Crippen LogP contribution in [0.25, 0.3) is 5.69 Å². The molecule has 0 amide bonds. The Kier molecular flexibility index (Phi) is 3.30. The van der Waals surface area contributed by atoms with Crippen LogP contribution in [0.15, 0.2) is 42.6 Å². The van der Waals surface area contributed by atoms with Crippen LogP contribution in [0.4, 0.5) is 0 Å². The monoisotopic (exact) mass is 270 g/mol. The van der Waals surface area contributed by atoms with Crippen molar-refractivity contribution in [2.75, 3.05) is 0 Å². The number of benzene rings is 1. The Balaban J connectivity index is 1.82. The van der Waals surface area contributed by atoms with Gasteiger partial charge in [0, 0.05) is 12.6 Å². The molecule has 0 radical (unpaired) electrons. The molecule has 0 saturated heterocycles. The minimum atomic E-state index is -0.677. The summed E-state index contributed by atoms with van der Waals surface area (Å²) in [6.07, 6.45) is 5.97. The van der Waals surface area contributed by atoms with E-state index in [0.717, 1.165) is 37.1 Å². The number of rotatable bonds is 4. The number of carboxylic acid groups (broad SMARTS) is 1. The third-order valence-corrected chi connectivity index (χ3v) is 4.20. The molecule has 2 aromatic rings. The first-order valence-corrected chi connectivity index (χ1v) is 7.03. The van der Waals surface area contributed by atoms with Crippen LogP contribution in [-0.2, 0) is 11.2 Å².